The average molecular weight is 333 g/mol. The monoisotopic (exact) mass is 333 g/mol. The van der Waals surface area contributed by atoms with Crippen LogP contribution in [-0.4, -0.2) is 23.9 Å². The Morgan fingerprint density at radius 3 is 2.67 bits per heavy atom. The highest BCUT2D eigenvalue weighted by molar-refractivity contribution is 14.1. The van der Waals surface area contributed by atoms with Gasteiger partial charge in [0, 0.05) is 16.7 Å². The van der Waals surface area contributed by atoms with Crippen molar-refractivity contribution >= 4 is 39.8 Å². The lowest BCUT2D eigenvalue weighted by atomic mass is 10.1. The highest BCUT2D eigenvalue weighted by atomic mass is 127. The zero-order valence-corrected chi connectivity index (χ0v) is 11.3. The van der Waals surface area contributed by atoms with Crippen LogP contribution in [0.4, 0.5) is 0 Å². The average Bonchev–Trinajstić information content (AvgIpc) is 2.65. The zero-order chi connectivity index (χ0) is 10.8. The maximum absolute atomic E-state index is 12.1. The second kappa shape index (κ2) is 4.65. The van der Waals surface area contributed by atoms with Gasteiger partial charge in [0.1, 0.15) is 4.88 Å². The molecule has 0 spiro atoms. The summed E-state index contributed by atoms with van der Waals surface area (Å²) in [6.45, 7) is 5.60. The van der Waals surface area contributed by atoms with Crippen molar-refractivity contribution in [1.29, 1.82) is 0 Å². The van der Waals surface area contributed by atoms with Crippen LogP contribution in [0.25, 0.3) is 0 Å². The summed E-state index contributed by atoms with van der Waals surface area (Å²) in [4.78, 5) is 14.9. The van der Waals surface area contributed by atoms with Gasteiger partial charge in [-0.2, -0.15) is 0 Å². The van der Waals surface area contributed by atoms with Gasteiger partial charge in [-0.1, -0.05) is 12.2 Å². The minimum Gasteiger partial charge on any atom is -0.337 e. The Hall–Kier alpha value is -0.360. The lowest BCUT2D eigenvalue weighted by Gasteiger charge is -2.27. The van der Waals surface area contributed by atoms with Gasteiger partial charge in [0.25, 0.3) is 5.91 Å². The lowest BCUT2D eigenvalue weighted by molar-refractivity contribution is 0.0748. The molecule has 0 bridgehead atoms. The van der Waals surface area contributed by atoms with E-state index in [1.165, 1.54) is 16.9 Å². The number of hydrogen-bond acceptors (Lipinski definition) is 2. The first kappa shape index (κ1) is 11.1. The van der Waals surface area contributed by atoms with Crippen molar-refractivity contribution in [1.82, 2.24) is 4.90 Å². The highest BCUT2D eigenvalue weighted by Crippen LogP contribution is 2.23. The van der Waals surface area contributed by atoms with Crippen LogP contribution in [0, 0.1) is 3.57 Å². The van der Waals surface area contributed by atoms with Crippen molar-refractivity contribution in [3.05, 3.63) is 32.0 Å². The van der Waals surface area contributed by atoms with Crippen LogP contribution >= 0.6 is 33.9 Å². The molecule has 2 heterocycles. The maximum Gasteiger partial charge on any atom is 0.265 e. The van der Waals surface area contributed by atoms with Crippen LogP contribution in [0.5, 0.6) is 0 Å². The third kappa shape index (κ3) is 2.42. The van der Waals surface area contributed by atoms with E-state index in [-0.39, 0.29) is 5.91 Å². The first-order valence-electron chi connectivity index (χ1n) is 4.87. The predicted octanol–water partition coefficient (Wildman–Crippen LogP) is 3.14. The third-order valence-corrected chi connectivity index (χ3v) is 4.74. The number of nitrogens with zero attached hydrogens (tertiary/aromatic N) is 1. The van der Waals surface area contributed by atoms with E-state index in [0.29, 0.717) is 0 Å². The van der Waals surface area contributed by atoms with Gasteiger partial charge in [0.05, 0.1) is 0 Å². The molecule has 0 aliphatic carbocycles. The van der Waals surface area contributed by atoms with Crippen molar-refractivity contribution in [2.24, 2.45) is 0 Å². The Balaban J connectivity index is 2.09. The molecule has 80 valence electrons. The van der Waals surface area contributed by atoms with Crippen LogP contribution in [0.2, 0.25) is 0 Å². The quantitative estimate of drug-likeness (QED) is 0.571. The molecule has 0 aromatic carbocycles. The van der Waals surface area contributed by atoms with Crippen molar-refractivity contribution in [2.45, 2.75) is 12.8 Å². The summed E-state index contributed by atoms with van der Waals surface area (Å²) >= 11 is 3.75. The molecule has 1 aromatic rings. The molecule has 2 rings (SSSR count). The van der Waals surface area contributed by atoms with Crippen molar-refractivity contribution < 1.29 is 4.79 Å². The van der Waals surface area contributed by atoms with Gasteiger partial charge >= 0.3 is 0 Å². The van der Waals surface area contributed by atoms with E-state index >= 15 is 0 Å². The number of carbonyl (C=O) groups excluding carboxylic acids is 1. The van der Waals surface area contributed by atoms with E-state index in [2.05, 4.69) is 29.2 Å². The number of amides is 1. The second-order valence-corrected chi connectivity index (χ2v) is 5.72. The minimum absolute atomic E-state index is 0.182. The summed E-state index contributed by atoms with van der Waals surface area (Å²) in [5.41, 5.74) is 1.26. The summed E-state index contributed by atoms with van der Waals surface area (Å²) in [6.07, 6.45) is 1.90. The van der Waals surface area contributed by atoms with Crippen LogP contribution in [0.15, 0.2) is 23.6 Å². The molecule has 0 unspecified atom stereocenters. The lowest BCUT2D eigenvalue weighted by Crippen LogP contribution is -2.36. The molecule has 0 saturated carbocycles. The number of halogens is 1. The fourth-order valence-corrected chi connectivity index (χ4v) is 3.40. The summed E-state index contributed by atoms with van der Waals surface area (Å²) in [5, 5.41) is 1.97. The van der Waals surface area contributed by atoms with E-state index in [1.54, 1.807) is 0 Å². The molecule has 1 fully saturated rings. The Labute approximate surface area is 107 Å². The summed E-state index contributed by atoms with van der Waals surface area (Å²) in [7, 11) is 0. The van der Waals surface area contributed by atoms with Gasteiger partial charge in [0.15, 0.2) is 0 Å². The van der Waals surface area contributed by atoms with Crippen molar-refractivity contribution in [2.75, 3.05) is 13.1 Å². The molecule has 0 radical (unpaired) electrons. The fourth-order valence-electron chi connectivity index (χ4n) is 1.62. The number of rotatable bonds is 1. The molecule has 15 heavy (non-hydrogen) atoms. The van der Waals surface area contributed by atoms with Crippen LogP contribution in [0.3, 0.4) is 0 Å². The van der Waals surface area contributed by atoms with E-state index in [9.17, 15) is 4.79 Å². The van der Waals surface area contributed by atoms with Gasteiger partial charge < -0.3 is 4.90 Å². The normalized spacial score (nSPS) is 16.9. The largest absolute Gasteiger partial charge is 0.337 e. The minimum atomic E-state index is 0.182. The summed E-state index contributed by atoms with van der Waals surface area (Å²) < 4.78 is 1.06. The van der Waals surface area contributed by atoms with Crippen LogP contribution in [0.1, 0.15) is 22.5 Å². The first-order chi connectivity index (χ1) is 7.18. The molecular weight excluding hydrogens is 321 g/mol. The topological polar surface area (TPSA) is 20.3 Å². The van der Waals surface area contributed by atoms with Gasteiger partial charge in [-0.05, 0) is 46.9 Å². The van der Waals surface area contributed by atoms with Crippen molar-refractivity contribution in [3.63, 3.8) is 0 Å². The maximum atomic E-state index is 12.1. The van der Waals surface area contributed by atoms with Crippen molar-refractivity contribution in [3.8, 4) is 0 Å². The smallest absolute Gasteiger partial charge is 0.265 e. The molecule has 0 N–H and O–H groups in total. The molecule has 1 saturated heterocycles. The Bertz CT molecular complexity index is 389. The van der Waals surface area contributed by atoms with E-state index < -0.39 is 0 Å². The number of likely N-dealkylation sites (tertiary alicyclic amines) is 1. The highest BCUT2D eigenvalue weighted by Gasteiger charge is 2.21. The summed E-state index contributed by atoms with van der Waals surface area (Å²) in [5.74, 6) is 0.182. The van der Waals surface area contributed by atoms with Crippen LogP contribution < -0.4 is 0 Å². The number of piperidine rings is 1. The van der Waals surface area contributed by atoms with Gasteiger partial charge in [-0.3, -0.25) is 4.79 Å². The summed E-state index contributed by atoms with van der Waals surface area (Å²) in [6, 6.07) is 1.99. The third-order valence-electron chi connectivity index (χ3n) is 2.57. The van der Waals surface area contributed by atoms with Gasteiger partial charge in [-0.15, -0.1) is 11.3 Å². The van der Waals surface area contributed by atoms with Gasteiger partial charge in [-0.25, -0.2) is 0 Å². The number of hydrogen-bond donors (Lipinski definition) is 0. The standard InChI is InChI=1S/C11H12INOS/c1-8-2-5-13(6-3-8)11(14)10-9(12)4-7-15-10/h4,7H,1-3,5-6H2. The predicted molar refractivity (Wildman–Crippen MR) is 71.3 cm³/mol. The second-order valence-electron chi connectivity index (χ2n) is 3.64. The molecule has 2 nitrogen and oxygen atoms in total. The Kier molecular flexibility index (Phi) is 3.45. The number of carbonyl (C=O) groups is 1. The molecular formula is C11H12INOS. The molecule has 1 amide bonds. The Morgan fingerprint density at radius 1 is 1.47 bits per heavy atom. The molecule has 1 aromatic heterocycles. The van der Waals surface area contributed by atoms with E-state index in [4.69, 9.17) is 0 Å². The zero-order valence-electron chi connectivity index (χ0n) is 8.33. The molecule has 4 heteroatoms. The Morgan fingerprint density at radius 2 is 2.13 bits per heavy atom. The molecule has 1 aliphatic rings. The van der Waals surface area contributed by atoms with E-state index in [0.717, 1.165) is 34.4 Å². The van der Waals surface area contributed by atoms with E-state index in [1.807, 2.05) is 16.3 Å². The molecule has 1 aliphatic heterocycles. The first-order valence-corrected chi connectivity index (χ1v) is 6.83. The SMILES string of the molecule is C=C1CCN(C(=O)c2sccc2I)CC1. The number of thiophene rings is 1. The molecule has 0 atom stereocenters. The van der Waals surface area contributed by atoms with Gasteiger partial charge in [0.2, 0.25) is 0 Å². The fraction of sp³-hybridized carbons (Fsp3) is 0.364. The van der Waals surface area contributed by atoms with Crippen LogP contribution in [-0.2, 0) is 0 Å².